The quantitative estimate of drug-likeness (QED) is 0.365. The van der Waals surface area contributed by atoms with E-state index in [-0.39, 0.29) is 18.0 Å². The lowest BCUT2D eigenvalue weighted by molar-refractivity contribution is -0.135. The summed E-state index contributed by atoms with van der Waals surface area (Å²) in [6.07, 6.45) is 14.3. The van der Waals surface area contributed by atoms with Gasteiger partial charge in [0, 0.05) is 13.5 Å². The zero-order valence-electron chi connectivity index (χ0n) is 19.4. The van der Waals surface area contributed by atoms with Gasteiger partial charge in [-0.1, -0.05) is 57.4 Å². The van der Waals surface area contributed by atoms with Crippen LogP contribution in [0.4, 0.5) is 0 Å². The fourth-order valence-corrected chi connectivity index (χ4v) is 4.68. The smallest absolute Gasteiger partial charge is 0.329 e. The highest BCUT2D eigenvalue weighted by Gasteiger charge is 2.31. The molecule has 1 saturated heterocycles. The van der Waals surface area contributed by atoms with Gasteiger partial charge in [-0.3, -0.25) is 24.0 Å². The van der Waals surface area contributed by atoms with Crippen LogP contribution in [0.5, 0.6) is 0 Å². The number of piperidine rings is 1. The van der Waals surface area contributed by atoms with Crippen LogP contribution in [0.2, 0.25) is 0 Å². The fraction of sp³-hybridized carbons (Fsp3) is 0.640. The van der Waals surface area contributed by atoms with Crippen LogP contribution in [0, 0.1) is 0 Å². The number of fused-ring (bicyclic) bond motifs is 1. The van der Waals surface area contributed by atoms with E-state index in [0.717, 1.165) is 36.8 Å². The number of imide groups is 1. The minimum atomic E-state index is -0.629. The number of aryl methyl sites for hydroxylation is 2. The van der Waals surface area contributed by atoms with Crippen molar-refractivity contribution in [3.05, 3.63) is 34.2 Å². The van der Waals surface area contributed by atoms with Crippen molar-refractivity contribution in [1.82, 2.24) is 14.5 Å². The molecule has 0 bridgehead atoms. The number of unbranched alkanes of at least 4 members (excludes halogenated alkanes) is 9. The third kappa shape index (κ3) is 6.09. The van der Waals surface area contributed by atoms with Gasteiger partial charge < -0.3 is 5.73 Å². The van der Waals surface area contributed by atoms with Crippen molar-refractivity contribution in [1.29, 1.82) is 0 Å². The van der Waals surface area contributed by atoms with Gasteiger partial charge in [-0.15, -0.1) is 0 Å². The van der Waals surface area contributed by atoms with E-state index in [0.29, 0.717) is 6.42 Å². The first-order valence-electron chi connectivity index (χ1n) is 12.3. The molecule has 0 saturated carbocycles. The maximum absolute atomic E-state index is 12.8. The van der Waals surface area contributed by atoms with Crippen LogP contribution in [0.15, 0.2) is 23.0 Å². The number of carbonyl (C=O) groups excluding carboxylic acids is 2. The van der Waals surface area contributed by atoms with Gasteiger partial charge in [0.2, 0.25) is 11.8 Å². The molecule has 3 N–H and O–H groups in total. The molecule has 1 aliphatic heterocycles. The molecule has 2 aromatic rings. The number of rotatable bonds is 13. The van der Waals surface area contributed by atoms with Crippen LogP contribution in [0.1, 0.15) is 88.7 Å². The van der Waals surface area contributed by atoms with Gasteiger partial charge in [0.1, 0.15) is 6.04 Å². The van der Waals surface area contributed by atoms with Crippen LogP contribution in [-0.2, 0) is 23.1 Å². The summed E-state index contributed by atoms with van der Waals surface area (Å²) in [5.41, 5.74) is 8.12. The maximum Gasteiger partial charge on any atom is 0.329 e. The van der Waals surface area contributed by atoms with Crippen LogP contribution in [0.25, 0.3) is 11.0 Å². The molecule has 32 heavy (non-hydrogen) atoms. The first-order valence-corrected chi connectivity index (χ1v) is 12.3. The average Bonchev–Trinajstić information content (AvgIpc) is 3.02. The first-order chi connectivity index (χ1) is 15.5. The summed E-state index contributed by atoms with van der Waals surface area (Å²) in [5.74, 6) is -0.667. The zero-order valence-corrected chi connectivity index (χ0v) is 19.4. The number of amides is 2. The molecule has 2 amide bonds. The van der Waals surface area contributed by atoms with Gasteiger partial charge in [0.05, 0.1) is 11.0 Å². The van der Waals surface area contributed by atoms with Crippen molar-refractivity contribution in [2.75, 3.05) is 6.54 Å². The minimum Gasteiger partial charge on any atom is -0.330 e. The molecule has 1 unspecified atom stereocenters. The topological polar surface area (TPSA) is 99.1 Å². The summed E-state index contributed by atoms with van der Waals surface area (Å²) < 4.78 is 3.15. The summed E-state index contributed by atoms with van der Waals surface area (Å²) in [4.78, 5) is 36.6. The highest BCUT2D eigenvalue weighted by atomic mass is 16.2. The molecular weight excluding hydrogens is 404 g/mol. The number of hydrogen-bond donors (Lipinski definition) is 2. The molecule has 0 aliphatic carbocycles. The van der Waals surface area contributed by atoms with Crippen LogP contribution in [0.3, 0.4) is 0 Å². The predicted molar refractivity (Wildman–Crippen MR) is 128 cm³/mol. The lowest BCUT2D eigenvalue weighted by Crippen LogP contribution is -2.44. The van der Waals surface area contributed by atoms with E-state index in [1.165, 1.54) is 61.5 Å². The van der Waals surface area contributed by atoms with E-state index in [4.69, 9.17) is 5.73 Å². The number of nitrogens with zero attached hydrogens (tertiary/aromatic N) is 2. The number of nitrogens with two attached hydrogens (primary N) is 1. The molecule has 0 spiro atoms. The molecule has 1 aliphatic rings. The zero-order chi connectivity index (χ0) is 22.9. The van der Waals surface area contributed by atoms with E-state index in [9.17, 15) is 14.4 Å². The lowest BCUT2D eigenvalue weighted by Gasteiger charge is -2.21. The number of aromatic nitrogens is 2. The predicted octanol–water partition coefficient (Wildman–Crippen LogP) is 3.72. The molecule has 1 aromatic carbocycles. The first kappa shape index (κ1) is 24.2. The number of imidazole rings is 1. The maximum atomic E-state index is 12.8. The van der Waals surface area contributed by atoms with E-state index in [1.54, 1.807) is 11.6 Å². The number of nitrogens with one attached hydrogen (secondary N) is 1. The largest absolute Gasteiger partial charge is 0.330 e. The molecule has 1 fully saturated rings. The Morgan fingerprint density at radius 3 is 2.16 bits per heavy atom. The van der Waals surface area contributed by atoms with Gasteiger partial charge in [0.25, 0.3) is 0 Å². The summed E-state index contributed by atoms with van der Waals surface area (Å²) in [6, 6.07) is 5.45. The van der Waals surface area contributed by atoms with Crippen LogP contribution >= 0.6 is 0 Å². The minimum absolute atomic E-state index is 0.213. The molecule has 1 atom stereocenters. The van der Waals surface area contributed by atoms with Gasteiger partial charge in [-0.25, -0.2) is 4.79 Å². The van der Waals surface area contributed by atoms with E-state index in [2.05, 4.69) is 17.4 Å². The normalized spacial score (nSPS) is 16.6. The second-order valence-corrected chi connectivity index (χ2v) is 9.08. The van der Waals surface area contributed by atoms with E-state index < -0.39 is 11.9 Å². The average molecular weight is 443 g/mol. The molecule has 0 radical (unpaired) electrons. The molecule has 7 heteroatoms. The Bertz CT molecular complexity index is 975. The number of hydrogen-bond acceptors (Lipinski definition) is 4. The van der Waals surface area contributed by atoms with Crippen molar-refractivity contribution < 1.29 is 9.59 Å². The van der Waals surface area contributed by atoms with Crippen LogP contribution in [-0.4, -0.2) is 27.5 Å². The summed E-state index contributed by atoms with van der Waals surface area (Å²) in [5, 5.41) is 2.35. The third-order valence-corrected chi connectivity index (χ3v) is 6.60. The second-order valence-electron chi connectivity index (χ2n) is 9.08. The fourth-order valence-electron chi connectivity index (χ4n) is 4.68. The van der Waals surface area contributed by atoms with Gasteiger partial charge in [-0.05, 0) is 49.9 Å². The second kappa shape index (κ2) is 12.0. The SMILES string of the molecule is Cn1c(=O)n(C2CCC(=O)NC2=O)c2ccc(CCCCCCCCCCCCN)cc21. The molecule has 3 rings (SSSR count). The Morgan fingerprint density at radius 1 is 0.906 bits per heavy atom. The summed E-state index contributed by atoms with van der Waals surface area (Å²) >= 11 is 0. The summed E-state index contributed by atoms with van der Waals surface area (Å²) in [6.45, 7) is 0.814. The van der Waals surface area contributed by atoms with Crippen molar-refractivity contribution >= 4 is 22.8 Å². The molecule has 2 heterocycles. The Kier molecular flexibility index (Phi) is 9.09. The molecule has 7 nitrogen and oxygen atoms in total. The molecular formula is C25H38N4O3. The van der Waals surface area contributed by atoms with Gasteiger partial charge >= 0.3 is 5.69 Å². The molecule has 176 valence electrons. The summed E-state index contributed by atoms with van der Waals surface area (Å²) in [7, 11) is 1.74. The lowest BCUT2D eigenvalue weighted by atomic mass is 10.0. The Balaban J connectivity index is 1.49. The van der Waals surface area contributed by atoms with Gasteiger partial charge in [0.15, 0.2) is 0 Å². The monoisotopic (exact) mass is 442 g/mol. The third-order valence-electron chi connectivity index (χ3n) is 6.60. The van der Waals surface area contributed by atoms with Gasteiger partial charge in [-0.2, -0.15) is 0 Å². The number of benzene rings is 1. The Labute approximate surface area is 190 Å². The van der Waals surface area contributed by atoms with Crippen molar-refractivity contribution in [2.45, 2.75) is 89.5 Å². The van der Waals surface area contributed by atoms with Crippen molar-refractivity contribution in [3.8, 4) is 0 Å². The molecule has 1 aromatic heterocycles. The Morgan fingerprint density at radius 2 is 1.53 bits per heavy atom. The van der Waals surface area contributed by atoms with E-state index >= 15 is 0 Å². The van der Waals surface area contributed by atoms with Crippen LogP contribution < -0.4 is 16.7 Å². The Hall–Kier alpha value is -2.41. The van der Waals surface area contributed by atoms with Crippen molar-refractivity contribution in [3.63, 3.8) is 0 Å². The number of carbonyl (C=O) groups is 2. The standard InChI is InChI=1S/C25H38N4O3/c1-28-22-18-19(12-10-8-6-4-2-3-5-7-9-11-17-26)13-14-20(22)29(25(28)32)21-15-16-23(30)27-24(21)31/h13-14,18,21H,2-12,15-17,26H2,1H3,(H,27,30,31). The highest BCUT2D eigenvalue weighted by molar-refractivity contribution is 6.00. The van der Waals surface area contributed by atoms with E-state index in [1.807, 2.05) is 6.07 Å². The highest BCUT2D eigenvalue weighted by Crippen LogP contribution is 2.24. The van der Waals surface area contributed by atoms with Crippen molar-refractivity contribution in [2.24, 2.45) is 12.8 Å².